The summed E-state index contributed by atoms with van der Waals surface area (Å²) in [5.41, 5.74) is 2.50. The van der Waals surface area contributed by atoms with Gasteiger partial charge in [0.25, 0.3) is 0 Å². The maximum atomic E-state index is 13.0. The molecule has 198 valence electrons. The van der Waals surface area contributed by atoms with Gasteiger partial charge >= 0.3 is 6.18 Å². The van der Waals surface area contributed by atoms with Crippen molar-refractivity contribution < 1.29 is 17.7 Å². The highest BCUT2D eigenvalue weighted by Crippen LogP contribution is 2.47. The number of halogens is 3. The molecule has 1 saturated carbocycles. The van der Waals surface area contributed by atoms with Gasteiger partial charge in [0, 0.05) is 45.8 Å². The van der Waals surface area contributed by atoms with Gasteiger partial charge in [0.05, 0.1) is 17.5 Å². The molecule has 3 aromatic rings. The minimum atomic E-state index is -4.30. The summed E-state index contributed by atoms with van der Waals surface area (Å²) in [5, 5.41) is 7.75. The quantitative estimate of drug-likeness (QED) is 0.416. The van der Waals surface area contributed by atoms with Gasteiger partial charge in [-0.3, -0.25) is 9.80 Å². The van der Waals surface area contributed by atoms with Crippen LogP contribution in [0.2, 0.25) is 0 Å². The van der Waals surface area contributed by atoms with Gasteiger partial charge in [-0.1, -0.05) is 59.6 Å². The van der Waals surface area contributed by atoms with E-state index >= 15 is 0 Å². The Bertz CT molecular complexity index is 1170. The van der Waals surface area contributed by atoms with Gasteiger partial charge in [-0.15, -0.1) is 0 Å². The van der Waals surface area contributed by atoms with Crippen molar-refractivity contribution in [3.63, 3.8) is 0 Å². The van der Waals surface area contributed by atoms with Crippen molar-refractivity contribution in [2.45, 2.75) is 50.9 Å². The first-order valence-electron chi connectivity index (χ1n) is 13.0. The van der Waals surface area contributed by atoms with Crippen molar-refractivity contribution in [1.29, 1.82) is 0 Å². The van der Waals surface area contributed by atoms with Crippen LogP contribution in [0.1, 0.15) is 53.2 Å². The summed E-state index contributed by atoms with van der Waals surface area (Å²) in [4.78, 5) is 9.31. The lowest BCUT2D eigenvalue weighted by Gasteiger charge is -2.39. The number of hydrogen-bond acceptors (Lipinski definition) is 6. The lowest BCUT2D eigenvalue weighted by atomic mass is 9.64. The van der Waals surface area contributed by atoms with Gasteiger partial charge in [0.1, 0.15) is 0 Å². The summed E-state index contributed by atoms with van der Waals surface area (Å²) in [6, 6.07) is 14.3. The average molecular weight is 514 g/mol. The first kappa shape index (κ1) is 25.9. The maximum Gasteiger partial charge on any atom is 0.416 e. The molecule has 2 heterocycles. The van der Waals surface area contributed by atoms with E-state index in [1.165, 1.54) is 29.7 Å². The Labute approximate surface area is 215 Å². The van der Waals surface area contributed by atoms with Crippen LogP contribution in [0.25, 0.3) is 0 Å². The summed E-state index contributed by atoms with van der Waals surface area (Å²) in [7, 11) is 0. The predicted octanol–water partition coefficient (Wildman–Crippen LogP) is 4.77. The van der Waals surface area contributed by atoms with Crippen LogP contribution >= 0.6 is 0 Å². The van der Waals surface area contributed by atoms with Crippen molar-refractivity contribution in [2.24, 2.45) is 0 Å². The van der Waals surface area contributed by atoms with E-state index in [1.807, 2.05) is 0 Å². The Kier molecular flexibility index (Phi) is 7.65. The fourth-order valence-electron chi connectivity index (χ4n) is 5.27. The molecule has 0 bridgehead atoms. The van der Waals surface area contributed by atoms with Crippen LogP contribution in [0.5, 0.6) is 0 Å². The summed E-state index contributed by atoms with van der Waals surface area (Å²) >= 11 is 0. The third kappa shape index (κ3) is 6.05. The van der Waals surface area contributed by atoms with Crippen LogP contribution < -0.4 is 5.32 Å². The van der Waals surface area contributed by atoms with Crippen LogP contribution in [0.3, 0.4) is 0 Å². The van der Waals surface area contributed by atoms with E-state index in [0.29, 0.717) is 24.5 Å². The Morgan fingerprint density at radius 2 is 1.73 bits per heavy atom. The zero-order valence-corrected chi connectivity index (χ0v) is 21.2. The van der Waals surface area contributed by atoms with Gasteiger partial charge in [-0.05, 0) is 37.0 Å². The number of alkyl halides is 3. The van der Waals surface area contributed by atoms with Gasteiger partial charge < -0.3 is 9.84 Å². The molecule has 1 aromatic heterocycles. The summed E-state index contributed by atoms with van der Waals surface area (Å²) in [6.07, 6.45) is -1.04. The summed E-state index contributed by atoms with van der Waals surface area (Å²) in [5.74, 6) is 1.40. The van der Waals surface area contributed by atoms with Crippen LogP contribution in [0, 0.1) is 6.92 Å². The Morgan fingerprint density at radius 1 is 1.00 bits per heavy atom. The van der Waals surface area contributed by atoms with E-state index in [9.17, 15) is 13.2 Å². The van der Waals surface area contributed by atoms with Crippen molar-refractivity contribution >= 4 is 0 Å². The van der Waals surface area contributed by atoms with E-state index in [-0.39, 0.29) is 5.41 Å². The van der Waals surface area contributed by atoms with Gasteiger partial charge in [-0.2, -0.15) is 18.2 Å². The van der Waals surface area contributed by atoms with E-state index < -0.39 is 11.7 Å². The monoisotopic (exact) mass is 513 g/mol. The third-order valence-corrected chi connectivity index (χ3v) is 7.71. The Morgan fingerprint density at radius 3 is 2.41 bits per heavy atom. The average Bonchev–Trinajstić information content (AvgIpc) is 3.32. The number of aromatic nitrogens is 2. The molecule has 0 unspecified atom stereocenters. The molecule has 0 radical (unpaired) electrons. The second kappa shape index (κ2) is 10.9. The van der Waals surface area contributed by atoms with Crippen molar-refractivity contribution in [2.75, 3.05) is 39.3 Å². The molecule has 1 N–H and O–H groups in total. The van der Waals surface area contributed by atoms with Crippen LogP contribution in [0.15, 0.2) is 53.1 Å². The fourth-order valence-corrected chi connectivity index (χ4v) is 5.27. The Hall–Kier alpha value is -2.75. The number of benzene rings is 2. The van der Waals surface area contributed by atoms with Crippen LogP contribution in [0.4, 0.5) is 13.2 Å². The predicted molar refractivity (Wildman–Crippen MR) is 135 cm³/mol. The maximum absolute atomic E-state index is 13.0. The minimum absolute atomic E-state index is 0.122. The highest BCUT2D eigenvalue weighted by atomic mass is 19.4. The first-order valence-corrected chi connectivity index (χ1v) is 13.0. The van der Waals surface area contributed by atoms with Gasteiger partial charge in [0.2, 0.25) is 5.89 Å². The molecule has 0 amide bonds. The molecule has 0 spiro atoms. The van der Waals surface area contributed by atoms with Crippen LogP contribution in [-0.4, -0.2) is 59.2 Å². The minimum Gasteiger partial charge on any atom is -0.338 e. The third-order valence-electron chi connectivity index (χ3n) is 7.71. The van der Waals surface area contributed by atoms with Crippen LogP contribution in [-0.2, 0) is 24.7 Å². The van der Waals surface area contributed by atoms with Gasteiger partial charge in [-0.25, -0.2) is 0 Å². The first-order chi connectivity index (χ1) is 17.8. The molecule has 5 rings (SSSR count). The number of aryl methyl sites for hydroxylation is 1. The smallest absolute Gasteiger partial charge is 0.338 e. The van der Waals surface area contributed by atoms with Crippen molar-refractivity contribution in [1.82, 2.24) is 25.3 Å². The van der Waals surface area contributed by atoms with E-state index in [1.54, 1.807) is 6.07 Å². The van der Waals surface area contributed by atoms with Gasteiger partial charge in [0.15, 0.2) is 5.82 Å². The molecule has 2 fully saturated rings. The molecule has 0 atom stereocenters. The number of rotatable bonds is 9. The number of nitrogens with one attached hydrogen (secondary N) is 1. The topological polar surface area (TPSA) is 57.4 Å². The zero-order chi connectivity index (χ0) is 25.9. The molecule has 1 aliphatic heterocycles. The number of piperazine rings is 1. The zero-order valence-electron chi connectivity index (χ0n) is 21.2. The molecular formula is C28H34F3N5O. The summed E-state index contributed by atoms with van der Waals surface area (Å²) < 4.78 is 44.5. The lowest BCUT2D eigenvalue weighted by Crippen LogP contribution is -2.47. The highest BCUT2D eigenvalue weighted by Gasteiger charge is 2.44. The molecule has 9 heteroatoms. The lowest BCUT2D eigenvalue weighted by molar-refractivity contribution is -0.137. The standard InChI is InChI=1S/C28H34F3N5O/c1-21-6-8-23(9-7-21)27(10-3-11-27)26-33-25(37-34-26)19-32-12-13-35-14-16-36(17-15-35)20-22-4-2-5-24(18-22)28(29,30)31/h2,4-9,18,32H,3,10-17,19-20H2,1H3. The highest BCUT2D eigenvalue weighted by molar-refractivity contribution is 5.37. The largest absolute Gasteiger partial charge is 0.416 e. The fraction of sp³-hybridized carbons (Fsp3) is 0.500. The molecule has 37 heavy (non-hydrogen) atoms. The second-order valence-electron chi connectivity index (χ2n) is 10.3. The second-order valence-corrected chi connectivity index (χ2v) is 10.3. The molecule has 1 saturated heterocycles. The molecule has 1 aliphatic carbocycles. The molecule has 2 aromatic carbocycles. The van der Waals surface area contributed by atoms with E-state index in [4.69, 9.17) is 9.51 Å². The SMILES string of the molecule is Cc1ccc(C2(c3noc(CNCCN4CCN(Cc5cccc(C(F)(F)F)c5)CC4)n3)CCC2)cc1. The molecular weight excluding hydrogens is 479 g/mol. The number of hydrogen-bond donors (Lipinski definition) is 1. The number of nitrogens with zero attached hydrogens (tertiary/aromatic N) is 4. The summed E-state index contributed by atoms with van der Waals surface area (Å²) in [6.45, 7) is 8.33. The molecule has 2 aliphatic rings. The Balaban J connectivity index is 1.04. The van der Waals surface area contributed by atoms with Crippen molar-refractivity contribution in [3.8, 4) is 0 Å². The van der Waals surface area contributed by atoms with E-state index in [0.717, 1.165) is 64.0 Å². The van der Waals surface area contributed by atoms with E-state index in [2.05, 4.69) is 51.5 Å². The normalized spacial score (nSPS) is 18.6. The molecule has 6 nitrogen and oxygen atoms in total. The van der Waals surface area contributed by atoms with Crippen molar-refractivity contribution in [3.05, 3.63) is 82.5 Å².